The number of carbonyl (C=O) groups excluding carboxylic acids is 1. The van der Waals surface area contributed by atoms with Crippen molar-refractivity contribution in [1.82, 2.24) is 10.2 Å². The van der Waals surface area contributed by atoms with Crippen molar-refractivity contribution >= 4 is 5.91 Å². The van der Waals surface area contributed by atoms with Crippen LogP contribution in [0.2, 0.25) is 0 Å². The molecule has 2 aliphatic heterocycles. The number of phenolic OH excluding ortho intramolecular Hbond substituents is 1. The first-order chi connectivity index (χ1) is 15.0. The Hall–Kier alpha value is -2.64. The number of rotatable bonds is 6. The van der Waals surface area contributed by atoms with E-state index in [1.54, 1.807) is 19.2 Å². The maximum atomic E-state index is 13.3. The van der Waals surface area contributed by atoms with E-state index in [4.69, 9.17) is 9.47 Å². The molecule has 0 saturated carbocycles. The summed E-state index contributed by atoms with van der Waals surface area (Å²) in [6.45, 7) is 2.92. The number of ether oxygens (including phenoxy) is 2. The van der Waals surface area contributed by atoms with Gasteiger partial charge in [0.05, 0.1) is 18.8 Å². The topological polar surface area (TPSA) is 71.0 Å². The van der Waals surface area contributed by atoms with Gasteiger partial charge in [0.1, 0.15) is 17.3 Å². The summed E-state index contributed by atoms with van der Waals surface area (Å²) in [4.78, 5) is 14.6. The van der Waals surface area contributed by atoms with E-state index in [0.29, 0.717) is 24.4 Å². The largest absolute Gasteiger partial charge is 0.507 e. The molecule has 0 bridgehead atoms. The molecular weight excluding hydrogens is 399 g/mol. The number of amides is 1. The number of benzene rings is 2. The normalized spacial score (nSPS) is 20.6. The SMILES string of the molecule is COc1ccc(CN2CCC3(CCC(CNC(=O)c4cccc(F)c4)O3)CC2)c(O)c1. The molecule has 166 valence electrons. The maximum absolute atomic E-state index is 13.3. The Labute approximate surface area is 182 Å². The van der Waals surface area contributed by atoms with Crippen LogP contribution < -0.4 is 10.1 Å². The minimum Gasteiger partial charge on any atom is -0.507 e. The summed E-state index contributed by atoms with van der Waals surface area (Å²) in [5, 5.41) is 13.1. The Morgan fingerprint density at radius 2 is 2.06 bits per heavy atom. The van der Waals surface area contributed by atoms with Gasteiger partial charge in [0.25, 0.3) is 5.91 Å². The molecule has 0 aliphatic carbocycles. The lowest BCUT2D eigenvalue weighted by atomic mass is 9.88. The quantitative estimate of drug-likeness (QED) is 0.737. The molecule has 1 unspecified atom stereocenters. The second-order valence-electron chi connectivity index (χ2n) is 8.45. The van der Waals surface area contributed by atoms with Crippen molar-refractivity contribution in [2.24, 2.45) is 0 Å². The molecule has 0 radical (unpaired) electrons. The van der Waals surface area contributed by atoms with Gasteiger partial charge in [-0.15, -0.1) is 0 Å². The van der Waals surface area contributed by atoms with Crippen LogP contribution in [0.3, 0.4) is 0 Å². The molecule has 2 aliphatic rings. The third-order valence-corrected chi connectivity index (χ3v) is 6.37. The molecule has 1 spiro atoms. The van der Waals surface area contributed by atoms with Crippen LogP contribution in [0.4, 0.5) is 4.39 Å². The zero-order valence-electron chi connectivity index (χ0n) is 17.8. The lowest BCUT2D eigenvalue weighted by molar-refractivity contribution is -0.0765. The maximum Gasteiger partial charge on any atom is 0.251 e. The lowest BCUT2D eigenvalue weighted by Crippen LogP contribution is -2.44. The summed E-state index contributed by atoms with van der Waals surface area (Å²) < 4.78 is 24.8. The molecule has 2 aromatic carbocycles. The molecule has 4 rings (SSSR count). The first kappa shape index (κ1) is 21.6. The van der Waals surface area contributed by atoms with Crippen molar-refractivity contribution in [3.8, 4) is 11.5 Å². The number of piperidine rings is 1. The predicted molar refractivity (Wildman–Crippen MR) is 115 cm³/mol. The van der Waals surface area contributed by atoms with E-state index in [1.165, 1.54) is 18.2 Å². The minimum absolute atomic E-state index is 0.0188. The van der Waals surface area contributed by atoms with Crippen molar-refractivity contribution in [2.45, 2.75) is 43.9 Å². The highest BCUT2D eigenvalue weighted by Crippen LogP contribution is 2.39. The number of aromatic hydroxyl groups is 1. The Kier molecular flexibility index (Phi) is 6.43. The van der Waals surface area contributed by atoms with Crippen molar-refractivity contribution in [3.05, 3.63) is 59.4 Å². The molecule has 7 heteroatoms. The van der Waals surface area contributed by atoms with Gasteiger partial charge < -0.3 is 19.9 Å². The van der Waals surface area contributed by atoms with Crippen LogP contribution in [0, 0.1) is 5.82 Å². The summed E-state index contributed by atoms with van der Waals surface area (Å²) in [6, 6.07) is 11.1. The van der Waals surface area contributed by atoms with Gasteiger partial charge >= 0.3 is 0 Å². The van der Waals surface area contributed by atoms with E-state index in [1.807, 2.05) is 12.1 Å². The Morgan fingerprint density at radius 3 is 2.77 bits per heavy atom. The molecule has 31 heavy (non-hydrogen) atoms. The van der Waals surface area contributed by atoms with Gasteiger partial charge in [-0.2, -0.15) is 0 Å². The second-order valence-corrected chi connectivity index (χ2v) is 8.45. The summed E-state index contributed by atoms with van der Waals surface area (Å²) >= 11 is 0. The monoisotopic (exact) mass is 428 g/mol. The van der Waals surface area contributed by atoms with Crippen LogP contribution >= 0.6 is 0 Å². The van der Waals surface area contributed by atoms with Crippen molar-refractivity contribution in [3.63, 3.8) is 0 Å². The highest BCUT2D eigenvalue weighted by atomic mass is 19.1. The van der Waals surface area contributed by atoms with Crippen LogP contribution in [0.5, 0.6) is 11.5 Å². The average Bonchev–Trinajstić information content (AvgIpc) is 3.17. The van der Waals surface area contributed by atoms with Crippen molar-refractivity contribution < 1.29 is 23.8 Å². The van der Waals surface area contributed by atoms with E-state index in [9.17, 15) is 14.3 Å². The number of phenols is 1. The number of nitrogens with one attached hydrogen (secondary N) is 1. The fourth-order valence-corrected chi connectivity index (χ4v) is 4.51. The zero-order chi connectivity index (χ0) is 21.8. The Bertz CT molecular complexity index is 928. The fourth-order valence-electron chi connectivity index (χ4n) is 4.51. The minimum atomic E-state index is -0.418. The molecule has 2 fully saturated rings. The van der Waals surface area contributed by atoms with E-state index in [2.05, 4.69) is 10.2 Å². The number of nitrogens with zero attached hydrogens (tertiary/aromatic N) is 1. The van der Waals surface area contributed by atoms with Crippen molar-refractivity contribution in [1.29, 1.82) is 0 Å². The molecule has 2 heterocycles. The van der Waals surface area contributed by atoms with E-state index in [0.717, 1.165) is 44.3 Å². The predicted octanol–water partition coefficient (Wildman–Crippen LogP) is 3.48. The van der Waals surface area contributed by atoms with Crippen LogP contribution in [0.1, 0.15) is 41.6 Å². The van der Waals surface area contributed by atoms with E-state index >= 15 is 0 Å². The highest BCUT2D eigenvalue weighted by Gasteiger charge is 2.42. The van der Waals surface area contributed by atoms with E-state index < -0.39 is 5.82 Å². The summed E-state index contributed by atoms with van der Waals surface area (Å²) in [5.74, 6) is 0.205. The molecule has 1 amide bonds. The zero-order valence-corrected chi connectivity index (χ0v) is 17.8. The van der Waals surface area contributed by atoms with Crippen LogP contribution in [-0.2, 0) is 11.3 Å². The third kappa shape index (κ3) is 5.17. The number of likely N-dealkylation sites (tertiary alicyclic amines) is 1. The molecular formula is C24H29FN2O4. The van der Waals surface area contributed by atoms with E-state index in [-0.39, 0.29) is 23.4 Å². The Balaban J connectivity index is 1.24. The average molecular weight is 429 g/mol. The first-order valence-corrected chi connectivity index (χ1v) is 10.8. The molecule has 2 N–H and O–H groups in total. The fraction of sp³-hybridized carbons (Fsp3) is 0.458. The van der Waals surface area contributed by atoms with Crippen LogP contribution in [0.25, 0.3) is 0 Å². The lowest BCUT2D eigenvalue weighted by Gasteiger charge is -2.39. The van der Waals surface area contributed by atoms with Crippen LogP contribution in [-0.4, -0.2) is 54.4 Å². The van der Waals surface area contributed by atoms with Crippen molar-refractivity contribution in [2.75, 3.05) is 26.7 Å². The molecule has 2 saturated heterocycles. The number of hydrogen-bond acceptors (Lipinski definition) is 5. The van der Waals surface area contributed by atoms with Gasteiger partial charge in [-0.3, -0.25) is 9.69 Å². The highest BCUT2D eigenvalue weighted by molar-refractivity contribution is 5.94. The number of hydrogen-bond donors (Lipinski definition) is 2. The number of halogens is 1. The van der Waals surface area contributed by atoms with Gasteiger partial charge in [0.2, 0.25) is 0 Å². The smallest absolute Gasteiger partial charge is 0.251 e. The standard InChI is InChI=1S/C24H29FN2O4/c1-30-20-6-5-18(22(28)14-20)16-27-11-9-24(10-12-27)8-7-21(31-24)15-26-23(29)17-3-2-4-19(25)13-17/h2-6,13-14,21,28H,7-12,15-16H2,1H3,(H,26,29). The number of carbonyl (C=O) groups is 1. The van der Waals surface area contributed by atoms with Crippen LogP contribution in [0.15, 0.2) is 42.5 Å². The van der Waals surface area contributed by atoms with Gasteiger partial charge in [-0.25, -0.2) is 4.39 Å². The third-order valence-electron chi connectivity index (χ3n) is 6.37. The molecule has 1 atom stereocenters. The first-order valence-electron chi connectivity index (χ1n) is 10.8. The van der Waals surface area contributed by atoms with Gasteiger partial charge in [-0.1, -0.05) is 12.1 Å². The van der Waals surface area contributed by atoms with Gasteiger partial charge in [0.15, 0.2) is 0 Å². The Morgan fingerprint density at radius 1 is 1.26 bits per heavy atom. The summed E-state index contributed by atoms with van der Waals surface area (Å²) in [7, 11) is 1.58. The molecule has 0 aromatic heterocycles. The van der Waals surface area contributed by atoms with Gasteiger partial charge in [-0.05, 0) is 49.9 Å². The molecule has 2 aromatic rings. The molecule has 6 nitrogen and oxygen atoms in total. The summed E-state index contributed by atoms with van der Waals surface area (Å²) in [6.07, 6.45) is 3.73. The van der Waals surface area contributed by atoms with Gasteiger partial charge in [0, 0.05) is 43.4 Å². The number of methoxy groups -OCH3 is 1. The second kappa shape index (κ2) is 9.24. The summed E-state index contributed by atoms with van der Waals surface area (Å²) in [5.41, 5.74) is 1.08.